The lowest BCUT2D eigenvalue weighted by atomic mass is 9.94. The number of ether oxygens (including phenoxy) is 2. The summed E-state index contributed by atoms with van der Waals surface area (Å²) in [5.41, 5.74) is 1.17. The highest BCUT2D eigenvalue weighted by molar-refractivity contribution is 5.28. The van der Waals surface area contributed by atoms with Crippen molar-refractivity contribution in [2.45, 2.75) is 57.8 Å². The summed E-state index contributed by atoms with van der Waals surface area (Å²) in [7, 11) is 1.71. The maximum absolute atomic E-state index is 6.11. The molecule has 1 N–H and O–H groups in total. The van der Waals surface area contributed by atoms with Gasteiger partial charge in [-0.1, -0.05) is 12.1 Å². The molecule has 0 aromatic heterocycles. The van der Waals surface area contributed by atoms with Gasteiger partial charge in [0.05, 0.1) is 18.3 Å². The van der Waals surface area contributed by atoms with Gasteiger partial charge in [-0.2, -0.15) is 0 Å². The third kappa shape index (κ3) is 3.74. The molecule has 1 aliphatic rings. The number of hydrogen-bond donors (Lipinski definition) is 1. The van der Waals surface area contributed by atoms with Crippen molar-refractivity contribution in [3.8, 4) is 5.75 Å². The maximum atomic E-state index is 6.11. The summed E-state index contributed by atoms with van der Waals surface area (Å²) in [4.78, 5) is 0. The van der Waals surface area contributed by atoms with Gasteiger partial charge in [-0.15, -0.1) is 0 Å². The Kier molecular flexibility index (Phi) is 4.40. The van der Waals surface area contributed by atoms with Crippen LogP contribution in [0.4, 0.5) is 0 Å². The topological polar surface area (TPSA) is 30.5 Å². The Morgan fingerprint density at radius 1 is 1.30 bits per heavy atom. The molecule has 1 heterocycles. The first-order chi connectivity index (χ1) is 9.32. The largest absolute Gasteiger partial charge is 0.497 e. The Morgan fingerprint density at radius 2 is 2.05 bits per heavy atom. The van der Waals surface area contributed by atoms with Gasteiger partial charge in [-0.05, 0) is 64.8 Å². The predicted octanol–water partition coefficient (Wildman–Crippen LogP) is 3.17. The van der Waals surface area contributed by atoms with Crippen molar-refractivity contribution in [2.75, 3.05) is 13.7 Å². The second-order valence-corrected chi connectivity index (χ2v) is 6.78. The summed E-state index contributed by atoms with van der Waals surface area (Å²) in [6.45, 7) is 9.63. The van der Waals surface area contributed by atoms with E-state index in [1.54, 1.807) is 7.11 Å². The molecule has 1 aliphatic heterocycles. The zero-order chi connectivity index (χ0) is 14.8. The standard InChI is InChI=1S/C17H27NO2/c1-16(2)12-15(17(3,4)20-16)18-10-9-13-7-6-8-14(11-13)19-5/h6-8,11,15,18H,9-10,12H2,1-5H3. The number of methoxy groups -OCH3 is 1. The fraction of sp³-hybridized carbons (Fsp3) is 0.647. The SMILES string of the molecule is COc1cccc(CCNC2CC(C)(C)OC2(C)C)c1. The smallest absolute Gasteiger partial charge is 0.119 e. The van der Waals surface area contributed by atoms with Crippen LogP contribution in [0.1, 0.15) is 39.7 Å². The highest BCUT2D eigenvalue weighted by atomic mass is 16.5. The fourth-order valence-corrected chi connectivity index (χ4v) is 3.10. The van der Waals surface area contributed by atoms with E-state index in [9.17, 15) is 0 Å². The van der Waals surface area contributed by atoms with E-state index in [1.807, 2.05) is 12.1 Å². The number of rotatable bonds is 5. The van der Waals surface area contributed by atoms with Gasteiger partial charge in [0.25, 0.3) is 0 Å². The second kappa shape index (κ2) is 5.74. The van der Waals surface area contributed by atoms with E-state index in [1.165, 1.54) is 5.56 Å². The van der Waals surface area contributed by atoms with Crippen LogP contribution >= 0.6 is 0 Å². The molecule has 1 atom stereocenters. The van der Waals surface area contributed by atoms with Gasteiger partial charge >= 0.3 is 0 Å². The third-order valence-electron chi connectivity index (χ3n) is 4.01. The summed E-state index contributed by atoms with van der Waals surface area (Å²) < 4.78 is 11.4. The second-order valence-electron chi connectivity index (χ2n) is 6.78. The van der Waals surface area contributed by atoms with E-state index in [-0.39, 0.29) is 11.2 Å². The summed E-state index contributed by atoms with van der Waals surface area (Å²) in [5.74, 6) is 0.924. The molecule has 0 bridgehead atoms. The van der Waals surface area contributed by atoms with Gasteiger partial charge in [0.1, 0.15) is 5.75 Å². The van der Waals surface area contributed by atoms with Crippen LogP contribution in [0.5, 0.6) is 5.75 Å². The number of hydrogen-bond acceptors (Lipinski definition) is 3. The van der Waals surface area contributed by atoms with Gasteiger partial charge < -0.3 is 14.8 Å². The van der Waals surface area contributed by atoms with Crippen molar-refractivity contribution in [1.29, 1.82) is 0 Å². The molecule has 0 amide bonds. The van der Waals surface area contributed by atoms with Crippen LogP contribution in [0, 0.1) is 0 Å². The molecular formula is C17H27NO2. The lowest BCUT2D eigenvalue weighted by Crippen LogP contribution is -2.44. The Morgan fingerprint density at radius 3 is 2.65 bits per heavy atom. The van der Waals surface area contributed by atoms with Gasteiger partial charge in [-0.25, -0.2) is 0 Å². The van der Waals surface area contributed by atoms with Crippen molar-refractivity contribution in [1.82, 2.24) is 5.32 Å². The van der Waals surface area contributed by atoms with Crippen LogP contribution in [-0.4, -0.2) is 30.9 Å². The van der Waals surface area contributed by atoms with E-state index in [0.717, 1.165) is 25.1 Å². The number of benzene rings is 1. The molecule has 0 radical (unpaired) electrons. The minimum atomic E-state index is -0.0993. The minimum Gasteiger partial charge on any atom is -0.497 e. The summed E-state index contributed by atoms with van der Waals surface area (Å²) in [6, 6.07) is 8.67. The average molecular weight is 277 g/mol. The molecule has 3 nitrogen and oxygen atoms in total. The first-order valence-electron chi connectivity index (χ1n) is 7.39. The maximum Gasteiger partial charge on any atom is 0.119 e. The van der Waals surface area contributed by atoms with Crippen LogP contribution < -0.4 is 10.1 Å². The zero-order valence-corrected chi connectivity index (χ0v) is 13.3. The van der Waals surface area contributed by atoms with Crippen molar-refractivity contribution in [3.05, 3.63) is 29.8 Å². The molecule has 1 aromatic rings. The average Bonchev–Trinajstić information content (AvgIpc) is 2.57. The van der Waals surface area contributed by atoms with Crippen molar-refractivity contribution in [3.63, 3.8) is 0 Å². The quantitative estimate of drug-likeness (QED) is 0.896. The van der Waals surface area contributed by atoms with Crippen LogP contribution in [0.3, 0.4) is 0 Å². The molecule has 1 saturated heterocycles. The summed E-state index contributed by atoms with van der Waals surface area (Å²) in [6.07, 6.45) is 2.06. The van der Waals surface area contributed by atoms with Crippen LogP contribution in [0.15, 0.2) is 24.3 Å². The van der Waals surface area contributed by atoms with E-state index in [2.05, 4.69) is 45.1 Å². The van der Waals surface area contributed by atoms with E-state index in [0.29, 0.717) is 6.04 Å². The summed E-state index contributed by atoms with van der Waals surface area (Å²) in [5, 5.41) is 3.65. The molecule has 0 saturated carbocycles. The van der Waals surface area contributed by atoms with E-state index >= 15 is 0 Å². The molecule has 3 heteroatoms. The third-order valence-corrected chi connectivity index (χ3v) is 4.01. The van der Waals surface area contributed by atoms with Gasteiger partial charge in [-0.3, -0.25) is 0 Å². The normalized spacial score (nSPS) is 23.8. The van der Waals surface area contributed by atoms with Crippen molar-refractivity contribution >= 4 is 0 Å². The Bertz CT molecular complexity index is 454. The number of nitrogens with one attached hydrogen (secondary N) is 1. The molecule has 112 valence electrons. The lowest BCUT2D eigenvalue weighted by Gasteiger charge is -2.28. The van der Waals surface area contributed by atoms with Crippen LogP contribution in [-0.2, 0) is 11.2 Å². The lowest BCUT2D eigenvalue weighted by molar-refractivity contribution is -0.0697. The highest BCUT2D eigenvalue weighted by Crippen LogP contribution is 2.37. The van der Waals surface area contributed by atoms with Gasteiger partial charge in [0.15, 0.2) is 0 Å². The molecule has 2 rings (SSSR count). The van der Waals surface area contributed by atoms with E-state index < -0.39 is 0 Å². The van der Waals surface area contributed by atoms with Crippen molar-refractivity contribution in [2.24, 2.45) is 0 Å². The molecule has 0 aliphatic carbocycles. The van der Waals surface area contributed by atoms with Gasteiger partial charge in [0.2, 0.25) is 0 Å². The Balaban J connectivity index is 1.87. The molecule has 0 spiro atoms. The Hall–Kier alpha value is -1.06. The monoisotopic (exact) mass is 277 g/mol. The molecular weight excluding hydrogens is 250 g/mol. The molecule has 1 aromatic carbocycles. The van der Waals surface area contributed by atoms with Crippen LogP contribution in [0.25, 0.3) is 0 Å². The Labute approximate surface area is 122 Å². The molecule has 20 heavy (non-hydrogen) atoms. The first-order valence-corrected chi connectivity index (χ1v) is 7.39. The van der Waals surface area contributed by atoms with Gasteiger partial charge in [0, 0.05) is 6.04 Å². The highest BCUT2D eigenvalue weighted by Gasteiger charge is 2.45. The molecule has 1 fully saturated rings. The fourth-order valence-electron chi connectivity index (χ4n) is 3.10. The minimum absolute atomic E-state index is 0.0306. The van der Waals surface area contributed by atoms with E-state index in [4.69, 9.17) is 9.47 Å². The summed E-state index contributed by atoms with van der Waals surface area (Å²) >= 11 is 0. The predicted molar refractivity (Wildman–Crippen MR) is 82.3 cm³/mol. The van der Waals surface area contributed by atoms with Crippen LogP contribution in [0.2, 0.25) is 0 Å². The zero-order valence-electron chi connectivity index (χ0n) is 13.3. The van der Waals surface area contributed by atoms with Crippen molar-refractivity contribution < 1.29 is 9.47 Å². The first kappa shape index (κ1) is 15.3. The molecule has 1 unspecified atom stereocenters.